The van der Waals surface area contributed by atoms with Gasteiger partial charge in [0.1, 0.15) is 17.1 Å². The summed E-state index contributed by atoms with van der Waals surface area (Å²) in [6, 6.07) is 7.14. The minimum atomic E-state index is -0.168. The van der Waals surface area contributed by atoms with Gasteiger partial charge in [-0.3, -0.25) is 4.79 Å². The predicted molar refractivity (Wildman–Crippen MR) is 93.0 cm³/mol. The topological polar surface area (TPSA) is 108 Å². The third kappa shape index (κ3) is 5.22. The van der Waals surface area contributed by atoms with E-state index < -0.39 is 0 Å². The van der Waals surface area contributed by atoms with Crippen molar-refractivity contribution in [1.29, 1.82) is 0 Å². The summed E-state index contributed by atoms with van der Waals surface area (Å²) in [6.45, 7) is 2.42. The number of hydrogen-bond donors (Lipinski definition) is 1. The number of amides is 1. The van der Waals surface area contributed by atoms with Crippen LogP contribution in [0.15, 0.2) is 34.9 Å². The highest BCUT2D eigenvalue weighted by molar-refractivity contribution is 8.01. The van der Waals surface area contributed by atoms with Crippen LogP contribution in [0.4, 0.5) is 0 Å². The Labute approximate surface area is 151 Å². The molecule has 0 atom stereocenters. The molecular formula is C14H15N7O2S2. The van der Waals surface area contributed by atoms with Crippen LogP contribution in [0.5, 0.6) is 5.75 Å². The molecule has 0 spiro atoms. The molecule has 11 heteroatoms. The van der Waals surface area contributed by atoms with Gasteiger partial charge in [-0.05, 0) is 41.6 Å². The van der Waals surface area contributed by atoms with Crippen LogP contribution < -0.4 is 10.1 Å². The molecule has 25 heavy (non-hydrogen) atoms. The van der Waals surface area contributed by atoms with Gasteiger partial charge >= 0.3 is 0 Å². The smallest absolute Gasteiger partial charge is 0.257 e. The average molecular weight is 377 g/mol. The summed E-state index contributed by atoms with van der Waals surface area (Å²) < 4.78 is 7.90. The first-order valence-corrected chi connectivity index (χ1v) is 9.17. The molecular weight excluding hydrogens is 362 g/mol. The summed E-state index contributed by atoms with van der Waals surface area (Å²) >= 11 is 3.11. The Kier molecular flexibility index (Phi) is 5.90. The molecule has 2 aromatic heterocycles. The molecule has 1 aromatic carbocycles. The van der Waals surface area contributed by atoms with Crippen molar-refractivity contribution in [3.05, 3.63) is 35.6 Å². The number of ether oxygens (including phenoxy) is 1. The number of carbonyl (C=O) groups is 1. The zero-order valence-corrected chi connectivity index (χ0v) is 15.0. The van der Waals surface area contributed by atoms with Crippen LogP contribution in [0.3, 0.4) is 0 Å². The largest absolute Gasteiger partial charge is 0.484 e. The van der Waals surface area contributed by atoms with Gasteiger partial charge < -0.3 is 10.1 Å². The lowest BCUT2D eigenvalue weighted by Crippen LogP contribution is -2.30. The van der Waals surface area contributed by atoms with Gasteiger partial charge in [0.15, 0.2) is 10.9 Å². The number of rotatable bonds is 8. The van der Waals surface area contributed by atoms with Crippen molar-refractivity contribution >= 4 is 29.0 Å². The maximum atomic E-state index is 11.8. The predicted octanol–water partition coefficient (Wildman–Crippen LogP) is 1.11. The molecule has 1 amide bonds. The monoisotopic (exact) mass is 377 g/mol. The lowest BCUT2D eigenvalue weighted by Gasteiger charge is -2.07. The van der Waals surface area contributed by atoms with E-state index in [9.17, 15) is 4.79 Å². The zero-order chi connectivity index (χ0) is 17.5. The molecule has 0 aliphatic heterocycles. The fraction of sp³-hybridized carbons (Fsp3) is 0.286. The average Bonchev–Trinajstić information content (AvgIpc) is 3.29. The van der Waals surface area contributed by atoms with E-state index in [1.54, 1.807) is 35.2 Å². The standard InChI is InChI=1S/C14H15N7O2S2/c1-10-17-18-14(25-10)24-7-6-15-13(22)8-23-12-4-2-11(3-5-12)21-9-16-19-20-21/h2-5,9H,6-8H2,1H3,(H,15,22). The van der Waals surface area contributed by atoms with Gasteiger partial charge in [-0.25, -0.2) is 4.68 Å². The van der Waals surface area contributed by atoms with E-state index in [0.717, 1.165) is 20.8 Å². The number of carbonyl (C=O) groups excluding carboxylic acids is 1. The van der Waals surface area contributed by atoms with Gasteiger partial charge in [-0.15, -0.1) is 15.3 Å². The third-order valence-corrected chi connectivity index (χ3v) is 4.95. The van der Waals surface area contributed by atoms with Crippen LogP contribution >= 0.6 is 23.1 Å². The number of thioether (sulfide) groups is 1. The van der Waals surface area contributed by atoms with Crippen LogP contribution in [0, 0.1) is 6.92 Å². The first-order valence-electron chi connectivity index (χ1n) is 7.36. The summed E-state index contributed by atoms with van der Waals surface area (Å²) in [5, 5.41) is 22.6. The van der Waals surface area contributed by atoms with Crippen LogP contribution in [-0.2, 0) is 4.79 Å². The number of tetrazole rings is 1. The Morgan fingerprint density at radius 3 is 2.84 bits per heavy atom. The van der Waals surface area contributed by atoms with Crippen LogP contribution in [0.1, 0.15) is 5.01 Å². The fourth-order valence-electron chi connectivity index (χ4n) is 1.84. The molecule has 0 aliphatic carbocycles. The molecule has 3 rings (SSSR count). The molecule has 0 fully saturated rings. The molecule has 0 bridgehead atoms. The number of aryl methyl sites for hydroxylation is 1. The van der Waals surface area contributed by atoms with Crippen molar-refractivity contribution in [2.75, 3.05) is 18.9 Å². The van der Waals surface area contributed by atoms with Crippen LogP contribution in [0.25, 0.3) is 5.69 Å². The minimum Gasteiger partial charge on any atom is -0.484 e. The normalized spacial score (nSPS) is 10.6. The summed E-state index contributed by atoms with van der Waals surface area (Å²) in [5.74, 6) is 1.17. The van der Waals surface area contributed by atoms with E-state index in [-0.39, 0.29) is 12.5 Å². The highest BCUT2D eigenvalue weighted by Gasteiger charge is 2.05. The van der Waals surface area contributed by atoms with E-state index in [1.807, 2.05) is 19.1 Å². The second-order valence-electron chi connectivity index (χ2n) is 4.82. The number of hydrogen-bond acceptors (Lipinski definition) is 9. The molecule has 2 heterocycles. The molecule has 0 radical (unpaired) electrons. The van der Waals surface area contributed by atoms with Gasteiger partial charge in [0, 0.05) is 12.3 Å². The number of aromatic nitrogens is 6. The van der Waals surface area contributed by atoms with E-state index in [2.05, 4.69) is 31.0 Å². The Bertz CT molecular complexity index is 805. The maximum Gasteiger partial charge on any atom is 0.257 e. The van der Waals surface area contributed by atoms with Gasteiger partial charge in [0.25, 0.3) is 5.91 Å². The Morgan fingerprint density at radius 2 is 2.16 bits per heavy atom. The van der Waals surface area contributed by atoms with Crippen molar-refractivity contribution in [2.24, 2.45) is 0 Å². The quantitative estimate of drug-likeness (QED) is 0.459. The summed E-state index contributed by atoms with van der Waals surface area (Å²) in [6.07, 6.45) is 1.50. The molecule has 130 valence electrons. The molecule has 1 N–H and O–H groups in total. The second-order valence-corrected chi connectivity index (χ2v) is 7.35. The van der Waals surface area contributed by atoms with Gasteiger partial charge in [-0.2, -0.15) is 0 Å². The maximum absolute atomic E-state index is 11.8. The molecule has 3 aromatic rings. The fourth-order valence-corrected chi connectivity index (χ4v) is 3.58. The second kappa shape index (κ2) is 8.53. The molecule has 9 nitrogen and oxygen atoms in total. The Hall–Kier alpha value is -2.53. The lowest BCUT2D eigenvalue weighted by atomic mass is 10.3. The van der Waals surface area contributed by atoms with Crippen LogP contribution in [-0.4, -0.2) is 55.2 Å². The first-order chi connectivity index (χ1) is 12.2. The molecule has 0 saturated heterocycles. The SMILES string of the molecule is Cc1nnc(SCCNC(=O)COc2ccc(-n3cnnn3)cc2)s1. The first kappa shape index (κ1) is 17.3. The third-order valence-electron chi connectivity index (χ3n) is 2.98. The summed E-state index contributed by atoms with van der Waals surface area (Å²) in [5.41, 5.74) is 0.811. The van der Waals surface area contributed by atoms with Crippen molar-refractivity contribution in [3.8, 4) is 11.4 Å². The van der Waals surface area contributed by atoms with Gasteiger partial charge in [-0.1, -0.05) is 23.1 Å². The molecule has 0 unspecified atom stereocenters. The van der Waals surface area contributed by atoms with Crippen molar-refractivity contribution in [2.45, 2.75) is 11.3 Å². The minimum absolute atomic E-state index is 0.0349. The van der Waals surface area contributed by atoms with E-state index in [0.29, 0.717) is 12.3 Å². The lowest BCUT2D eigenvalue weighted by molar-refractivity contribution is -0.122. The van der Waals surface area contributed by atoms with E-state index in [4.69, 9.17) is 4.74 Å². The number of benzene rings is 1. The highest BCUT2D eigenvalue weighted by atomic mass is 32.2. The summed E-state index contributed by atoms with van der Waals surface area (Å²) in [7, 11) is 0. The Balaban J connectivity index is 1.36. The zero-order valence-electron chi connectivity index (χ0n) is 13.3. The number of nitrogens with one attached hydrogen (secondary N) is 1. The number of nitrogens with zero attached hydrogens (tertiary/aromatic N) is 6. The summed E-state index contributed by atoms with van der Waals surface area (Å²) in [4.78, 5) is 11.8. The van der Waals surface area contributed by atoms with Gasteiger partial charge in [0.2, 0.25) is 0 Å². The Morgan fingerprint density at radius 1 is 1.32 bits per heavy atom. The van der Waals surface area contributed by atoms with Crippen molar-refractivity contribution < 1.29 is 9.53 Å². The van der Waals surface area contributed by atoms with Crippen molar-refractivity contribution in [1.82, 2.24) is 35.7 Å². The van der Waals surface area contributed by atoms with E-state index in [1.165, 1.54) is 11.0 Å². The van der Waals surface area contributed by atoms with Crippen molar-refractivity contribution in [3.63, 3.8) is 0 Å². The molecule has 0 saturated carbocycles. The molecule has 0 aliphatic rings. The van der Waals surface area contributed by atoms with E-state index >= 15 is 0 Å². The van der Waals surface area contributed by atoms with Crippen LogP contribution in [0.2, 0.25) is 0 Å². The van der Waals surface area contributed by atoms with Gasteiger partial charge in [0.05, 0.1) is 5.69 Å². The highest BCUT2D eigenvalue weighted by Crippen LogP contribution is 2.20.